The summed E-state index contributed by atoms with van der Waals surface area (Å²) in [6.07, 6.45) is 8.73. The van der Waals surface area contributed by atoms with Crippen molar-refractivity contribution in [3.63, 3.8) is 0 Å². The lowest BCUT2D eigenvalue weighted by Gasteiger charge is -2.26. The first-order valence-corrected chi connectivity index (χ1v) is 8.77. The molecule has 1 aromatic rings. The van der Waals surface area contributed by atoms with E-state index >= 15 is 0 Å². The SMILES string of the molecule is O=C(C1C2CCCCC21)N1CCCC1CC(O)c1ccco1. The highest BCUT2D eigenvalue weighted by molar-refractivity contribution is 5.83. The Kier molecular flexibility index (Phi) is 3.73. The number of hydrogen-bond acceptors (Lipinski definition) is 3. The molecule has 4 atom stereocenters. The van der Waals surface area contributed by atoms with Gasteiger partial charge in [-0.05, 0) is 49.7 Å². The van der Waals surface area contributed by atoms with E-state index < -0.39 is 6.10 Å². The third-order valence-corrected chi connectivity index (χ3v) is 5.97. The van der Waals surface area contributed by atoms with Crippen molar-refractivity contribution in [1.82, 2.24) is 4.90 Å². The summed E-state index contributed by atoms with van der Waals surface area (Å²) in [6.45, 7) is 0.865. The van der Waals surface area contributed by atoms with Crippen molar-refractivity contribution in [1.29, 1.82) is 0 Å². The van der Waals surface area contributed by atoms with Gasteiger partial charge in [0.2, 0.25) is 5.91 Å². The Hall–Kier alpha value is -1.29. The number of carbonyl (C=O) groups excluding carboxylic acids is 1. The fourth-order valence-corrected chi connectivity index (χ4v) is 4.78. The lowest BCUT2D eigenvalue weighted by atomic mass is 10.0. The summed E-state index contributed by atoms with van der Waals surface area (Å²) in [5.74, 6) is 2.60. The Balaban J connectivity index is 1.39. The van der Waals surface area contributed by atoms with Gasteiger partial charge in [-0.2, -0.15) is 0 Å². The molecule has 1 aliphatic heterocycles. The fraction of sp³-hybridized carbons (Fsp3) is 0.722. The van der Waals surface area contributed by atoms with Crippen molar-refractivity contribution in [2.24, 2.45) is 17.8 Å². The molecule has 2 heterocycles. The van der Waals surface area contributed by atoms with Gasteiger partial charge in [-0.25, -0.2) is 0 Å². The zero-order chi connectivity index (χ0) is 15.1. The molecule has 4 rings (SSSR count). The number of fused-ring (bicyclic) bond motifs is 1. The first kappa shape index (κ1) is 14.3. The van der Waals surface area contributed by atoms with Crippen LogP contribution in [0.25, 0.3) is 0 Å². The monoisotopic (exact) mass is 303 g/mol. The predicted molar refractivity (Wildman–Crippen MR) is 82.0 cm³/mol. The quantitative estimate of drug-likeness (QED) is 0.929. The number of amides is 1. The van der Waals surface area contributed by atoms with E-state index in [1.807, 2.05) is 0 Å². The number of hydrogen-bond donors (Lipinski definition) is 1. The van der Waals surface area contributed by atoms with Crippen molar-refractivity contribution in [2.45, 2.75) is 57.1 Å². The first-order valence-electron chi connectivity index (χ1n) is 8.77. The zero-order valence-corrected chi connectivity index (χ0v) is 13.0. The van der Waals surface area contributed by atoms with Crippen LogP contribution in [-0.4, -0.2) is 28.5 Å². The van der Waals surface area contributed by atoms with Crippen LogP contribution in [0.2, 0.25) is 0 Å². The number of furan rings is 1. The summed E-state index contributed by atoms with van der Waals surface area (Å²) < 4.78 is 5.28. The molecule has 1 aromatic heterocycles. The minimum atomic E-state index is -0.602. The van der Waals surface area contributed by atoms with Crippen LogP contribution in [0.3, 0.4) is 0 Å². The normalized spacial score (nSPS) is 35.2. The molecule has 2 saturated carbocycles. The molecule has 1 amide bonds. The van der Waals surface area contributed by atoms with E-state index in [9.17, 15) is 9.90 Å². The molecule has 4 heteroatoms. The predicted octanol–water partition coefficient (Wildman–Crippen LogP) is 3.13. The second-order valence-electron chi connectivity index (χ2n) is 7.23. The summed E-state index contributed by atoms with van der Waals surface area (Å²) in [6, 6.07) is 3.78. The van der Waals surface area contributed by atoms with Crippen LogP contribution in [0.1, 0.15) is 56.8 Å². The van der Waals surface area contributed by atoms with E-state index in [4.69, 9.17) is 4.42 Å². The Morgan fingerprint density at radius 1 is 1.27 bits per heavy atom. The lowest BCUT2D eigenvalue weighted by Crippen LogP contribution is -2.38. The third-order valence-electron chi connectivity index (χ3n) is 5.97. The van der Waals surface area contributed by atoms with E-state index in [1.54, 1.807) is 18.4 Å². The number of carbonyl (C=O) groups is 1. The molecule has 0 radical (unpaired) electrons. The largest absolute Gasteiger partial charge is 0.467 e. The van der Waals surface area contributed by atoms with Crippen molar-refractivity contribution < 1.29 is 14.3 Å². The molecule has 3 fully saturated rings. The van der Waals surface area contributed by atoms with Gasteiger partial charge in [0.05, 0.1) is 6.26 Å². The number of nitrogens with zero attached hydrogens (tertiary/aromatic N) is 1. The molecule has 0 spiro atoms. The van der Waals surface area contributed by atoms with E-state index in [0.717, 1.165) is 19.4 Å². The van der Waals surface area contributed by atoms with Gasteiger partial charge in [-0.3, -0.25) is 4.79 Å². The highest BCUT2D eigenvalue weighted by atomic mass is 16.4. The highest BCUT2D eigenvalue weighted by Gasteiger charge is 2.56. The zero-order valence-electron chi connectivity index (χ0n) is 13.0. The molecule has 3 aliphatic rings. The number of aliphatic hydroxyl groups is 1. The molecule has 1 saturated heterocycles. The first-order chi connectivity index (χ1) is 10.8. The van der Waals surface area contributed by atoms with E-state index in [2.05, 4.69) is 4.90 Å². The molecule has 1 N–H and O–H groups in total. The van der Waals surface area contributed by atoms with Crippen molar-refractivity contribution in [3.05, 3.63) is 24.2 Å². The Morgan fingerprint density at radius 3 is 2.73 bits per heavy atom. The molecule has 0 bridgehead atoms. The van der Waals surface area contributed by atoms with Gasteiger partial charge in [0, 0.05) is 24.9 Å². The van der Waals surface area contributed by atoms with Crippen LogP contribution in [0, 0.1) is 17.8 Å². The van der Waals surface area contributed by atoms with Gasteiger partial charge in [-0.15, -0.1) is 0 Å². The van der Waals surface area contributed by atoms with Crippen LogP contribution in [0.15, 0.2) is 22.8 Å². The standard InChI is InChI=1S/C18H25NO3/c20-15(16-8-4-10-22-16)11-12-5-3-9-19(12)18(21)17-13-6-1-2-7-14(13)17/h4,8,10,12-15,17,20H,1-3,5-7,9,11H2. The topological polar surface area (TPSA) is 53.7 Å². The molecule has 22 heavy (non-hydrogen) atoms. The summed E-state index contributed by atoms with van der Waals surface area (Å²) in [7, 11) is 0. The smallest absolute Gasteiger partial charge is 0.226 e. The Bertz CT molecular complexity index is 514. The summed E-state index contributed by atoms with van der Waals surface area (Å²) in [4.78, 5) is 14.9. The summed E-state index contributed by atoms with van der Waals surface area (Å²) in [5, 5.41) is 10.3. The van der Waals surface area contributed by atoms with Gasteiger partial charge in [0.1, 0.15) is 11.9 Å². The average molecular weight is 303 g/mol. The van der Waals surface area contributed by atoms with Crippen molar-refractivity contribution in [2.75, 3.05) is 6.54 Å². The molecule has 4 unspecified atom stereocenters. The van der Waals surface area contributed by atoms with E-state index in [-0.39, 0.29) is 6.04 Å². The number of rotatable bonds is 4. The van der Waals surface area contributed by atoms with Crippen molar-refractivity contribution in [3.8, 4) is 0 Å². The fourth-order valence-electron chi connectivity index (χ4n) is 4.78. The minimum absolute atomic E-state index is 0.176. The van der Waals surface area contributed by atoms with Gasteiger partial charge >= 0.3 is 0 Å². The van der Waals surface area contributed by atoms with Gasteiger partial charge in [0.15, 0.2) is 0 Å². The van der Waals surface area contributed by atoms with Crippen LogP contribution in [0.4, 0.5) is 0 Å². The molecule has 4 nitrogen and oxygen atoms in total. The molecular formula is C18H25NO3. The highest BCUT2D eigenvalue weighted by Crippen LogP contribution is 2.56. The number of likely N-dealkylation sites (tertiary alicyclic amines) is 1. The number of aliphatic hydroxyl groups excluding tert-OH is 1. The Labute approximate surface area is 131 Å². The summed E-state index contributed by atoms with van der Waals surface area (Å²) >= 11 is 0. The van der Waals surface area contributed by atoms with Gasteiger partial charge in [0.25, 0.3) is 0 Å². The maximum Gasteiger partial charge on any atom is 0.226 e. The maximum atomic E-state index is 12.9. The molecule has 120 valence electrons. The maximum absolute atomic E-state index is 12.9. The van der Waals surface area contributed by atoms with Gasteiger partial charge in [-0.1, -0.05) is 12.8 Å². The average Bonchev–Trinajstić information content (AvgIpc) is 2.91. The lowest BCUT2D eigenvalue weighted by molar-refractivity contribution is -0.134. The van der Waals surface area contributed by atoms with E-state index in [1.165, 1.54) is 25.7 Å². The molecule has 2 aliphatic carbocycles. The summed E-state index contributed by atoms with van der Waals surface area (Å²) in [5.41, 5.74) is 0. The molecular weight excluding hydrogens is 278 g/mol. The second-order valence-corrected chi connectivity index (χ2v) is 7.23. The van der Waals surface area contributed by atoms with E-state index in [0.29, 0.717) is 35.8 Å². The molecule has 0 aromatic carbocycles. The van der Waals surface area contributed by atoms with Crippen LogP contribution >= 0.6 is 0 Å². The van der Waals surface area contributed by atoms with Crippen LogP contribution in [0.5, 0.6) is 0 Å². The third kappa shape index (κ3) is 2.47. The van der Waals surface area contributed by atoms with Crippen molar-refractivity contribution >= 4 is 5.91 Å². The Morgan fingerprint density at radius 2 is 2.05 bits per heavy atom. The van der Waals surface area contributed by atoms with Crippen LogP contribution in [-0.2, 0) is 4.79 Å². The second kappa shape index (κ2) is 5.73. The van der Waals surface area contributed by atoms with Crippen LogP contribution < -0.4 is 0 Å². The minimum Gasteiger partial charge on any atom is -0.467 e. The van der Waals surface area contributed by atoms with Gasteiger partial charge < -0.3 is 14.4 Å².